The molecule has 0 saturated carbocycles. The van der Waals surface area contributed by atoms with Crippen molar-refractivity contribution in [2.45, 2.75) is 31.3 Å². The average Bonchev–Trinajstić information content (AvgIpc) is 2.29. The first-order chi connectivity index (χ1) is 8.74. The molecular formula is C12H17ClFNO3S. The van der Waals surface area contributed by atoms with E-state index in [0.717, 1.165) is 6.07 Å². The first-order valence-electron chi connectivity index (χ1n) is 5.85. The van der Waals surface area contributed by atoms with Gasteiger partial charge in [-0.1, -0.05) is 24.6 Å². The van der Waals surface area contributed by atoms with E-state index < -0.39 is 26.8 Å². The van der Waals surface area contributed by atoms with Crippen molar-refractivity contribution in [1.82, 2.24) is 4.72 Å². The Bertz CT molecular complexity index is 534. The topological polar surface area (TPSA) is 66.4 Å². The van der Waals surface area contributed by atoms with Crippen molar-refractivity contribution in [1.29, 1.82) is 0 Å². The van der Waals surface area contributed by atoms with Crippen molar-refractivity contribution in [3.05, 3.63) is 29.0 Å². The van der Waals surface area contributed by atoms with Crippen LogP contribution in [0.4, 0.5) is 4.39 Å². The van der Waals surface area contributed by atoms with E-state index in [4.69, 9.17) is 11.6 Å². The van der Waals surface area contributed by atoms with E-state index in [-0.39, 0.29) is 17.5 Å². The van der Waals surface area contributed by atoms with Gasteiger partial charge >= 0.3 is 0 Å². The first-order valence-corrected chi connectivity index (χ1v) is 7.72. The normalized spacial score (nSPS) is 15.2. The highest BCUT2D eigenvalue weighted by Crippen LogP contribution is 2.21. The smallest absolute Gasteiger partial charge is 0.243 e. The Balaban J connectivity index is 2.79. The SMILES string of the molecule is CC(O)CC(C)CNS(=O)(=O)c1cccc(Cl)c1F. The summed E-state index contributed by atoms with van der Waals surface area (Å²) in [6, 6.07) is 3.81. The molecule has 1 aromatic carbocycles. The maximum atomic E-state index is 13.6. The van der Waals surface area contributed by atoms with Crippen LogP contribution in [0.2, 0.25) is 5.02 Å². The first kappa shape index (κ1) is 16.4. The third kappa shape index (κ3) is 4.72. The molecule has 2 atom stereocenters. The zero-order valence-corrected chi connectivity index (χ0v) is 12.3. The number of hydrogen-bond donors (Lipinski definition) is 2. The predicted octanol–water partition coefficient (Wildman–Crippen LogP) is 2.16. The lowest BCUT2D eigenvalue weighted by Gasteiger charge is -2.14. The van der Waals surface area contributed by atoms with E-state index in [2.05, 4.69) is 4.72 Å². The van der Waals surface area contributed by atoms with E-state index in [9.17, 15) is 17.9 Å². The van der Waals surface area contributed by atoms with Gasteiger partial charge in [0.2, 0.25) is 10.0 Å². The largest absolute Gasteiger partial charge is 0.393 e. The third-order valence-electron chi connectivity index (χ3n) is 2.57. The van der Waals surface area contributed by atoms with E-state index in [0.29, 0.717) is 6.42 Å². The highest BCUT2D eigenvalue weighted by Gasteiger charge is 2.21. The number of benzene rings is 1. The van der Waals surface area contributed by atoms with E-state index >= 15 is 0 Å². The zero-order valence-electron chi connectivity index (χ0n) is 10.7. The Morgan fingerprint density at radius 2 is 2.05 bits per heavy atom. The molecule has 0 fully saturated rings. The Morgan fingerprint density at radius 3 is 2.63 bits per heavy atom. The number of halogens is 2. The van der Waals surface area contributed by atoms with E-state index in [1.807, 2.05) is 0 Å². The number of nitrogens with one attached hydrogen (secondary N) is 1. The Morgan fingerprint density at radius 1 is 1.42 bits per heavy atom. The lowest BCUT2D eigenvalue weighted by molar-refractivity contribution is 0.165. The van der Waals surface area contributed by atoms with Crippen molar-refractivity contribution in [2.75, 3.05) is 6.54 Å². The van der Waals surface area contributed by atoms with Crippen LogP contribution in [0, 0.1) is 11.7 Å². The summed E-state index contributed by atoms with van der Waals surface area (Å²) in [7, 11) is -3.94. The van der Waals surface area contributed by atoms with Gasteiger partial charge in [0, 0.05) is 6.54 Å². The molecule has 0 bridgehead atoms. The number of sulfonamides is 1. The van der Waals surface area contributed by atoms with Crippen LogP contribution >= 0.6 is 11.6 Å². The van der Waals surface area contributed by atoms with Gasteiger partial charge in [-0.25, -0.2) is 17.5 Å². The van der Waals surface area contributed by atoms with Crippen molar-refractivity contribution in [2.24, 2.45) is 5.92 Å². The van der Waals surface area contributed by atoms with Crippen LogP contribution < -0.4 is 4.72 Å². The maximum absolute atomic E-state index is 13.6. The van der Waals surface area contributed by atoms with Gasteiger partial charge in [-0.3, -0.25) is 0 Å². The minimum atomic E-state index is -3.94. The standard InChI is InChI=1S/C12H17ClFNO3S/c1-8(6-9(2)16)7-15-19(17,18)11-5-3-4-10(13)12(11)14/h3-5,8-9,15-16H,6-7H2,1-2H3. The molecule has 1 rings (SSSR count). The zero-order chi connectivity index (χ0) is 14.6. The molecule has 1 aromatic rings. The second kappa shape index (κ2) is 6.65. The fourth-order valence-electron chi connectivity index (χ4n) is 1.69. The van der Waals surface area contributed by atoms with Gasteiger partial charge in [-0.2, -0.15) is 0 Å². The van der Waals surface area contributed by atoms with Gasteiger partial charge < -0.3 is 5.11 Å². The molecule has 0 amide bonds. The molecular weight excluding hydrogens is 293 g/mol. The van der Waals surface area contributed by atoms with E-state index in [1.54, 1.807) is 13.8 Å². The number of hydrogen-bond acceptors (Lipinski definition) is 3. The maximum Gasteiger partial charge on any atom is 0.243 e. The van der Waals surface area contributed by atoms with Gasteiger partial charge in [0.05, 0.1) is 11.1 Å². The number of aliphatic hydroxyl groups excluding tert-OH is 1. The molecule has 0 aromatic heterocycles. The monoisotopic (exact) mass is 309 g/mol. The quantitative estimate of drug-likeness (QED) is 0.846. The second-order valence-corrected chi connectivity index (χ2v) is 6.74. The van der Waals surface area contributed by atoms with Crippen LogP contribution in [-0.4, -0.2) is 26.2 Å². The van der Waals surface area contributed by atoms with Gasteiger partial charge in [0.1, 0.15) is 4.90 Å². The van der Waals surface area contributed by atoms with Crippen molar-refractivity contribution < 1.29 is 17.9 Å². The lowest BCUT2D eigenvalue weighted by atomic mass is 10.1. The Kier molecular flexibility index (Phi) is 5.73. The molecule has 0 aliphatic heterocycles. The molecule has 0 saturated heterocycles. The fourth-order valence-corrected chi connectivity index (χ4v) is 3.18. The molecule has 0 aliphatic rings. The lowest BCUT2D eigenvalue weighted by Crippen LogP contribution is -2.30. The minimum absolute atomic E-state index is 0.0583. The van der Waals surface area contributed by atoms with E-state index in [1.165, 1.54) is 12.1 Å². The summed E-state index contributed by atoms with van der Waals surface area (Å²) in [6.07, 6.45) is -0.0528. The molecule has 108 valence electrons. The Labute approximate surface area is 117 Å². The van der Waals surface area contributed by atoms with Gasteiger partial charge in [-0.05, 0) is 31.4 Å². The summed E-state index contributed by atoms with van der Waals surface area (Å²) in [5, 5.41) is 8.96. The highest BCUT2D eigenvalue weighted by molar-refractivity contribution is 7.89. The summed E-state index contributed by atoms with van der Waals surface area (Å²) in [6.45, 7) is 3.55. The summed E-state index contributed by atoms with van der Waals surface area (Å²) in [5.74, 6) is -1.02. The Hall–Kier alpha value is -0.690. The van der Waals surface area contributed by atoms with Crippen LogP contribution in [0.25, 0.3) is 0 Å². The molecule has 0 spiro atoms. The molecule has 7 heteroatoms. The summed E-state index contributed by atoms with van der Waals surface area (Å²) in [5.41, 5.74) is 0. The summed E-state index contributed by atoms with van der Waals surface area (Å²) < 4.78 is 39.8. The molecule has 2 N–H and O–H groups in total. The molecule has 0 heterocycles. The molecule has 4 nitrogen and oxygen atoms in total. The number of rotatable bonds is 6. The van der Waals surface area contributed by atoms with Crippen LogP contribution in [0.5, 0.6) is 0 Å². The second-order valence-electron chi connectivity index (χ2n) is 4.59. The summed E-state index contributed by atoms with van der Waals surface area (Å²) in [4.78, 5) is -0.468. The molecule has 0 radical (unpaired) electrons. The molecule has 0 aliphatic carbocycles. The fraction of sp³-hybridized carbons (Fsp3) is 0.500. The third-order valence-corrected chi connectivity index (χ3v) is 4.30. The number of aliphatic hydroxyl groups is 1. The minimum Gasteiger partial charge on any atom is -0.393 e. The van der Waals surface area contributed by atoms with Crippen LogP contribution in [0.3, 0.4) is 0 Å². The summed E-state index contributed by atoms with van der Waals surface area (Å²) >= 11 is 5.55. The molecule has 2 unspecified atom stereocenters. The molecule has 19 heavy (non-hydrogen) atoms. The van der Waals surface area contributed by atoms with Crippen molar-refractivity contribution in [3.8, 4) is 0 Å². The highest BCUT2D eigenvalue weighted by atomic mass is 35.5. The van der Waals surface area contributed by atoms with Crippen molar-refractivity contribution >= 4 is 21.6 Å². The average molecular weight is 310 g/mol. The van der Waals surface area contributed by atoms with Crippen LogP contribution in [0.15, 0.2) is 23.1 Å². The van der Waals surface area contributed by atoms with Crippen molar-refractivity contribution in [3.63, 3.8) is 0 Å². The van der Waals surface area contributed by atoms with Crippen LogP contribution in [-0.2, 0) is 10.0 Å². The van der Waals surface area contributed by atoms with Crippen LogP contribution in [0.1, 0.15) is 20.3 Å². The predicted molar refractivity (Wildman–Crippen MR) is 72.1 cm³/mol. The van der Waals surface area contributed by atoms with Gasteiger partial charge in [0.25, 0.3) is 0 Å². The van der Waals surface area contributed by atoms with Gasteiger partial charge in [-0.15, -0.1) is 0 Å². The van der Waals surface area contributed by atoms with Gasteiger partial charge in [0.15, 0.2) is 5.82 Å².